The van der Waals surface area contributed by atoms with Crippen molar-refractivity contribution in [1.82, 2.24) is 14.9 Å². The van der Waals surface area contributed by atoms with Gasteiger partial charge in [-0.2, -0.15) is 0 Å². The fourth-order valence-corrected chi connectivity index (χ4v) is 6.55. The summed E-state index contributed by atoms with van der Waals surface area (Å²) in [6, 6.07) is 0. The lowest BCUT2D eigenvalue weighted by molar-refractivity contribution is -0.131. The van der Waals surface area contributed by atoms with Gasteiger partial charge in [-0.1, -0.05) is 39.0 Å². The molecule has 0 radical (unpaired) electrons. The molecule has 2 aromatic heterocycles. The fourth-order valence-electron chi connectivity index (χ4n) is 5.29. The molecule has 0 unspecified atom stereocenters. The first-order valence-electron chi connectivity index (χ1n) is 13.1. The molecule has 1 saturated heterocycles. The zero-order valence-corrected chi connectivity index (χ0v) is 20.5. The second kappa shape index (κ2) is 10.1. The zero-order chi connectivity index (χ0) is 21.9. The van der Waals surface area contributed by atoms with Gasteiger partial charge in [0, 0.05) is 43.4 Å². The molecule has 6 heteroatoms. The van der Waals surface area contributed by atoms with E-state index in [1.807, 2.05) is 11.3 Å². The molecular formula is C26H38N4OS. The first-order valence-corrected chi connectivity index (χ1v) is 13.9. The predicted octanol–water partition coefficient (Wildman–Crippen LogP) is 5.85. The summed E-state index contributed by atoms with van der Waals surface area (Å²) in [7, 11) is 0. The zero-order valence-electron chi connectivity index (χ0n) is 19.7. The van der Waals surface area contributed by atoms with Gasteiger partial charge in [-0.25, -0.2) is 9.97 Å². The van der Waals surface area contributed by atoms with Crippen LogP contribution in [0.2, 0.25) is 0 Å². The standard InChI is InChI=1S/C26H38N4OS/c1-2-3-4-5-9-12-22(31)29-15-17-30(18-16-29)25-23-20-10-7-6-8-11-21(20)32-26(23)28-24(27-25)19-13-14-19/h19H,2-18H2,1H3. The molecule has 1 saturated carbocycles. The lowest BCUT2D eigenvalue weighted by Crippen LogP contribution is -2.49. The highest BCUT2D eigenvalue weighted by Crippen LogP contribution is 2.44. The van der Waals surface area contributed by atoms with Crippen LogP contribution in [0, 0.1) is 0 Å². The van der Waals surface area contributed by atoms with E-state index in [-0.39, 0.29) is 0 Å². The van der Waals surface area contributed by atoms with Gasteiger partial charge in [0.15, 0.2) is 0 Å². The number of anilines is 1. The number of carbonyl (C=O) groups excluding carboxylic acids is 1. The highest BCUT2D eigenvalue weighted by molar-refractivity contribution is 7.19. The normalized spacial score (nSPS) is 19.3. The van der Waals surface area contributed by atoms with E-state index < -0.39 is 0 Å². The first kappa shape index (κ1) is 22.1. The molecule has 0 atom stereocenters. The first-order chi connectivity index (χ1) is 15.7. The van der Waals surface area contributed by atoms with Gasteiger partial charge in [0.1, 0.15) is 16.5 Å². The summed E-state index contributed by atoms with van der Waals surface area (Å²) in [5.74, 6) is 3.14. The molecule has 2 aromatic rings. The van der Waals surface area contributed by atoms with Crippen molar-refractivity contribution in [3.63, 3.8) is 0 Å². The molecule has 0 aromatic carbocycles. The Morgan fingerprint density at radius 2 is 1.75 bits per heavy atom. The molecule has 0 spiro atoms. The Balaban J connectivity index is 1.30. The summed E-state index contributed by atoms with van der Waals surface area (Å²) in [5.41, 5.74) is 1.53. The summed E-state index contributed by atoms with van der Waals surface area (Å²) in [5, 5.41) is 1.34. The molecule has 1 aliphatic heterocycles. The van der Waals surface area contributed by atoms with Crippen LogP contribution in [0.3, 0.4) is 0 Å². The minimum absolute atomic E-state index is 0.344. The number of amides is 1. The highest BCUT2D eigenvalue weighted by atomic mass is 32.1. The third-order valence-electron chi connectivity index (χ3n) is 7.43. The number of piperazine rings is 1. The average molecular weight is 455 g/mol. The number of thiophene rings is 1. The van der Waals surface area contributed by atoms with Gasteiger partial charge in [-0.05, 0) is 50.5 Å². The van der Waals surface area contributed by atoms with E-state index in [1.54, 1.807) is 4.88 Å². The van der Waals surface area contributed by atoms with Gasteiger partial charge in [0.2, 0.25) is 5.91 Å². The molecule has 5 nitrogen and oxygen atoms in total. The Bertz CT molecular complexity index is 943. The van der Waals surface area contributed by atoms with E-state index in [0.717, 1.165) is 38.4 Å². The van der Waals surface area contributed by atoms with Crippen LogP contribution in [0.1, 0.15) is 99.7 Å². The molecule has 3 aliphatic rings. The van der Waals surface area contributed by atoms with Crippen LogP contribution in [0.5, 0.6) is 0 Å². The molecule has 0 bridgehead atoms. The van der Waals surface area contributed by atoms with Crippen molar-refractivity contribution in [2.75, 3.05) is 31.1 Å². The van der Waals surface area contributed by atoms with Gasteiger partial charge in [-0.15, -0.1) is 11.3 Å². The minimum atomic E-state index is 0.344. The molecule has 5 rings (SSSR count). The van der Waals surface area contributed by atoms with Crippen molar-refractivity contribution in [3.05, 3.63) is 16.3 Å². The summed E-state index contributed by atoms with van der Waals surface area (Å²) in [6.45, 7) is 5.66. The Kier molecular flexibility index (Phi) is 6.96. The number of nitrogens with zero attached hydrogens (tertiary/aromatic N) is 4. The third kappa shape index (κ3) is 4.80. The summed E-state index contributed by atoms with van der Waals surface area (Å²) < 4.78 is 0. The Hall–Kier alpha value is -1.69. The van der Waals surface area contributed by atoms with Crippen molar-refractivity contribution < 1.29 is 4.79 Å². The molecule has 2 aliphatic carbocycles. The van der Waals surface area contributed by atoms with E-state index in [4.69, 9.17) is 9.97 Å². The lowest BCUT2D eigenvalue weighted by atomic mass is 10.1. The quantitative estimate of drug-likeness (QED) is 0.371. The summed E-state index contributed by atoms with van der Waals surface area (Å²) >= 11 is 1.93. The SMILES string of the molecule is CCCCCCCC(=O)N1CCN(c2nc(C3CC3)nc3sc4c(c23)CCCCC4)CC1. The van der Waals surface area contributed by atoms with Gasteiger partial charge < -0.3 is 9.80 Å². The van der Waals surface area contributed by atoms with Crippen molar-refractivity contribution in [2.45, 2.75) is 96.3 Å². The number of hydrogen-bond acceptors (Lipinski definition) is 5. The lowest BCUT2D eigenvalue weighted by Gasteiger charge is -2.36. The van der Waals surface area contributed by atoms with Crippen LogP contribution < -0.4 is 4.90 Å². The van der Waals surface area contributed by atoms with Crippen LogP contribution in [0.15, 0.2) is 0 Å². The third-order valence-corrected chi connectivity index (χ3v) is 8.62. The maximum Gasteiger partial charge on any atom is 0.222 e. The molecule has 1 amide bonds. The van der Waals surface area contributed by atoms with Gasteiger partial charge >= 0.3 is 0 Å². The number of hydrogen-bond donors (Lipinski definition) is 0. The van der Waals surface area contributed by atoms with Crippen molar-refractivity contribution in [2.24, 2.45) is 0 Å². The Morgan fingerprint density at radius 3 is 2.53 bits per heavy atom. The monoisotopic (exact) mass is 454 g/mol. The second-order valence-corrected chi connectivity index (χ2v) is 11.0. The fraction of sp³-hybridized carbons (Fsp3) is 0.731. The number of carbonyl (C=O) groups is 1. The molecular weight excluding hydrogens is 416 g/mol. The Labute approximate surface area is 196 Å². The molecule has 2 fully saturated rings. The summed E-state index contributed by atoms with van der Waals surface area (Å²) in [6.07, 6.45) is 15.5. The van der Waals surface area contributed by atoms with Gasteiger partial charge in [0.25, 0.3) is 0 Å². The van der Waals surface area contributed by atoms with Crippen LogP contribution in [-0.4, -0.2) is 47.0 Å². The number of fused-ring (bicyclic) bond motifs is 3. The highest BCUT2D eigenvalue weighted by Gasteiger charge is 2.31. The molecule has 3 heterocycles. The maximum atomic E-state index is 12.7. The number of aromatic nitrogens is 2. The van der Waals surface area contributed by atoms with E-state index >= 15 is 0 Å². The largest absolute Gasteiger partial charge is 0.352 e. The van der Waals surface area contributed by atoms with Crippen LogP contribution in [0.25, 0.3) is 10.2 Å². The van der Waals surface area contributed by atoms with E-state index in [1.165, 1.54) is 92.2 Å². The van der Waals surface area contributed by atoms with E-state index in [0.29, 0.717) is 18.2 Å². The van der Waals surface area contributed by atoms with Crippen molar-refractivity contribution in [3.8, 4) is 0 Å². The van der Waals surface area contributed by atoms with Crippen molar-refractivity contribution >= 4 is 33.3 Å². The Morgan fingerprint density at radius 1 is 0.969 bits per heavy atom. The summed E-state index contributed by atoms with van der Waals surface area (Å²) in [4.78, 5) is 30.2. The van der Waals surface area contributed by atoms with Gasteiger partial charge in [-0.3, -0.25) is 4.79 Å². The predicted molar refractivity (Wildman–Crippen MR) is 133 cm³/mol. The maximum absolute atomic E-state index is 12.7. The van der Waals surface area contributed by atoms with Crippen LogP contribution in [-0.2, 0) is 17.6 Å². The van der Waals surface area contributed by atoms with E-state index in [9.17, 15) is 4.79 Å². The van der Waals surface area contributed by atoms with E-state index in [2.05, 4.69) is 16.7 Å². The van der Waals surface area contributed by atoms with Gasteiger partial charge in [0.05, 0.1) is 5.39 Å². The topological polar surface area (TPSA) is 49.3 Å². The molecule has 174 valence electrons. The smallest absolute Gasteiger partial charge is 0.222 e. The average Bonchev–Trinajstić information content (AvgIpc) is 3.64. The number of aryl methyl sites for hydroxylation is 2. The molecule has 32 heavy (non-hydrogen) atoms. The number of rotatable bonds is 8. The van der Waals surface area contributed by atoms with Crippen LogP contribution in [0.4, 0.5) is 5.82 Å². The number of unbranched alkanes of at least 4 members (excludes halogenated alkanes) is 4. The van der Waals surface area contributed by atoms with Crippen molar-refractivity contribution in [1.29, 1.82) is 0 Å². The second-order valence-electron chi connectivity index (χ2n) is 9.96. The molecule has 0 N–H and O–H groups in total. The van der Waals surface area contributed by atoms with Crippen LogP contribution >= 0.6 is 11.3 Å². The minimum Gasteiger partial charge on any atom is -0.352 e.